The highest BCUT2D eigenvalue weighted by molar-refractivity contribution is 5.57. The van der Waals surface area contributed by atoms with Gasteiger partial charge in [-0.25, -0.2) is 0 Å². The molecule has 1 aromatic carbocycles. The molecule has 0 atom stereocenters. The van der Waals surface area contributed by atoms with Crippen LogP contribution >= 0.6 is 0 Å². The number of aliphatic hydroxyl groups excluding tert-OH is 1. The number of nitrogens with one attached hydrogen (secondary N) is 1. The molecule has 0 saturated carbocycles. The van der Waals surface area contributed by atoms with Crippen LogP contribution in [0.15, 0.2) is 30.5 Å². The summed E-state index contributed by atoms with van der Waals surface area (Å²) in [6, 6.07) is 5.71. The molecule has 14 heavy (non-hydrogen) atoms. The largest absolute Gasteiger partial charge is 0.497 e. The fraction of sp³-hybridized carbons (Fsp3) is 0.273. The summed E-state index contributed by atoms with van der Waals surface area (Å²) in [6.45, 7) is 5.57. The zero-order valence-electron chi connectivity index (χ0n) is 8.50. The second kappa shape index (κ2) is 4.67. The Balaban J connectivity index is 2.89. The molecule has 3 nitrogen and oxygen atoms in total. The molecule has 3 heteroatoms. The zero-order valence-corrected chi connectivity index (χ0v) is 8.50. The van der Waals surface area contributed by atoms with E-state index in [1.54, 1.807) is 7.11 Å². The van der Waals surface area contributed by atoms with Gasteiger partial charge in [-0.2, -0.15) is 0 Å². The Hall–Kier alpha value is -1.48. The van der Waals surface area contributed by atoms with Crippen LogP contribution < -0.4 is 10.1 Å². The van der Waals surface area contributed by atoms with E-state index in [9.17, 15) is 0 Å². The minimum atomic E-state index is -0.0728. The third-order valence-electron chi connectivity index (χ3n) is 1.95. The van der Waals surface area contributed by atoms with E-state index in [4.69, 9.17) is 9.84 Å². The second-order valence-corrected chi connectivity index (χ2v) is 3.07. The molecule has 0 aliphatic heterocycles. The standard InChI is InChI=1S/C11H15NO2/c1-8-4-5-10(14-3)6-11(8)12-9(2)7-13/h4-6,12-13H,2,7H2,1,3H3. The van der Waals surface area contributed by atoms with Crippen molar-refractivity contribution in [3.63, 3.8) is 0 Å². The average molecular weight is 193 g/mol. The Morgan fingerprint density at radius 2 is 2.29 bits per heavy atom. The summed E-state index contributed by atoms with van der Waals surface area (Å²) in [5.74, 6) is 0.781. The summed E-state index contributed by atoms with van der Waals surface area (Å²) in [4.78, 5) is 0. The summed E-state index contributed by atoms with van der Waals surface area (Å²) in [5, 5.41) is 11.8. The molecular formula is C11H15NO2. The summed E-state index contributed by atoms with van der Waals surface area (Å²) in [6.07, 6.45) is 0. The Labute approximate surface area is 84.0 Å². The predicted octanol–water partition coefficient (Wildman–Crippen LogP) is 1.92. The maximum atomic E-state index is 8.82. The van der Waals surface area contributed by atoms with Gasteiger partial charge in [-0.1, -0.05) is 12.6 Å². The van der Waals surface area contributed by atoms with Crippen molar-refractivity contribution < 1.29 is 9.84 Å². The van der Waals surface area contributed by atoms with Crippen LogP contribution in [0, 0.1) is 6.92 Å². The molecule has 0 saturated heterocycles. The van der Waals surface area contributed by atoms with Gasteiger partial charge in [0.1, 0.15) is 5.75 Å². The van der Waals surface area contributed by atoms with E-state index in [0.717, 1.165) is 17.0 Å². The number of hydrogen-bond acceptors (Lipinski definition) is 3. The molecule has 1 aromatic rings. The molecule has 0 amide bonds. The first-order valence-electron chi connectivity index (χ1n) is 4.37. The summed E-state index contributed by atoms with van der Waals surface area (Å²) in [7, 11) is 1.62. The second-order valence-electron chi connectivity index (χ2n) is 3.07. The van der Waals surface area contributed by atoms with E-state index in [2.05, 4.69) is 11.9 Å². The topological polar surface area (TPSA) is 41.5 Å². The van der Waals surface area contributed by atoms with Gasteiger partial charge < -0.3 is 15.2 Å². The van der Waals surface area contributed by atoms with Crippen LogP contribution in [0.3, 0.4) is 0 Å². The van der Waals surface area contributed by atoms with Crippen molar-refractivity contribution in [2.45, 2.75) is 6.92 Å². The maximum Gasteiger partial charge on any atom is 0.120 e. The average Bonchev–Trinajstić information content (AvgIpc) is 2.21. The van der Waals surface area contributed by atoms with Crippen molar-refractivity contribution in [3.05, 3.63) is 36.0 Å². The Kier molecular flexibility index (Phi) is 3.54. The minimum Gasteiger partial charge on any atom is -0.497 e. The lowest BCUT2D eigenvalue weighted by molar-refractivity contribution is 0.333. The highest BCUT2D eigenvalue weighted by atomic mass is 16.5. The molecular weight excluding hydrogens is 178 g/mol. The highest BCUT2D eigenvalue weighted by Crippen LogP contribution is 2.22. The summed E-state index contributed by atoms with van der Waals surface area (Å²) >= 11 is 0. The SMILES string of the molecule is C=C(CO)Nc1cc(OC)ccc1C. The highest BCUT2D eigenvalue weighted by Gasteiger charge is 2.00. The molecule has 0 aromatic heterocycles. The van der Waals surface area contributed by atoms with Gasteiger partial charge in [0.05, 0.1) is 13.7 Å². The monoisotopic (exact) mass is 193 g/mol. The van der Waals surface area contributed by atoms with Crippen molar-refractivity contribution in [3.8, 4) is 5.75 Å². The lowest BCUT2D eigenvalue weighted by Gasteiger charge is -2.11. The Morgan fingerprint density at radius 3 is 2.86 bits per heavy atom. The minimum absolute atomic E-state index is 0.0728. The van der Waals surface area contributed by atoms with Gasteiger partial charge in [0, 0.05) is 17.5 Å². The molecule has 0 heterocycles. The van der Waals surface area contributed by atoms with E-state index in [-0.39, 0.29) is 6.61 Å². The fourth-order valence-corrected chi connectivity index (χ4v) is 1.09. The molecule has 0 fully saturated rings. The number of anilines is 1. The van der Waals surface area contributed by atoms with Crippen LogP contribution in [-0.4, -0.2) is 18.8 Å². The lowest BCUT2D eigenvalue weighted by atomic mass is 10.2. The number of aryl methyl sites for hydroxylation is 1. The van der Waals surface area contributed by atoms with Crippen LogP contribution in [0.1, 0.15) is 5.56 Å². The van der Waals surface area contributed by atoms with Gasteiger partial charge in [-0.3, -0.25) is 0 Å². The van der Waals surface area contributed by atoms with E-state index >= 15 is 0 Å². The number of benzene rings is 1. The first kappa shape index (κ1) is 10.6. The lowest BCUT2D eigenvalue weighted by Crippen LogP contribution is -2.03. The quantitative estimate of drug-likeness (QED) is 0.767. The van der Waals surface area contributed by atoms with Crippen molar-refractivity contribution >= 4 is 5.69 Å². The molecule has 0 bridgehead atoms. The third-order valence-corrected chi connectivity index (χ3v) is 1.95. The normalized spacial score (nSPS) is 9.64. The summed E-state index contributed by atoms with van der Waals surface area (Å²) < 4.78 is 5.09. The maximum absolute atomic E-state index is 8.82. The van der Waals surface area contributed by atoms with E-state index in [1.165, 1.54) is 0 Å². The number of hydrogen-bond donors (Lipinski definition) is 2. The van der Waals surface area contributed by atoms with Crippen LogP contribution in [0.4, 0.5) is 5.69 Å². The first-order chi connectivity index (χ1) is 6.67. The summed E-state index contributed by atoms with van der Waals surface area (Å²) in [5.41, 5.74) is 2.56. The zero-order chi connectivity index (χ0) is 10.6. The fourth-order valence-electron chi connectivity index (χ4n) is 1.09. The van der Waals surface area contributed by atoms with Gasteiger partial charge in [0.25, 0.3) is 0 Å². The van der Waals surface area contributed by atoms with Gasteiger partial charge in [0.15, 0.2) is 0 Å². The molecule has 2 N–H and O–H groups in total. The van der Waals surface area contributed by atoms with Gasteiger partial charge in [0.2, 0.25) is 0 Å². The molecule has 0 radical (unpaired) electrons. The van der Waals surface area contributed by atoms with Crippen LogP contribution in [0.2, 0.25) is 0 Å². The Bertz CT molecular complexity index is 334. The van der Waals surface area contributed by atoms with Gasteiger partial charge >= 0.3 is 0 Å². The molecule has 0 unspecified atom stereocenters. The molecule has 0 aliphatic rings. The van der Waals surface area contributed by atoms with Crippen molar-refractivity contribution in [2.75, 3.05) is 19.0 Å². The molecule has 76 valence electrons. The van der Waals surface area contributed by atoms with Crippen LogP contribution in [0.5, 0.6) is 5.75 Å². The number of rotatable bonds is 4. The number of methoxy groups -OCH3 is 1. The first-order valence-corrected chi connectivity index (χ1v) is 4.37. The smallest absolute Gasteiger partial charge is 0.120 e. The molecule has 0 aliphatic carbocycles. The number of aliphatic hydroxyl groups is 1. The molecule has 1 rings (SSSR count). The Morgan fingerprint density at radius 1 is 1.57 bits per heavy atom. The van der Waals surface area contributed by atoms with E-state index in [0.29, 0.717) is 5.70 Å². The third kappa shape index (κ3) is 2.50. The van der Waals surface area contributed by atoms with Crippen LogP contribution in [0.25, 0.3) is 0 Å². The van der Waals surface area contributed by atoms with E-state index < -0.39 is 0 Å². The van der Waals surface area contributed by atoms with Crippen molar-refractivity contribution in [1.82, 2.24) is 0 Å². The van der Waals surface area contributed by atoms with E-state index in [1.807, 2.05) is 25.1 Å². The number of ether oxygens (including phenoxy) is 1. The van der Waals surface area contributed by atoms with Gasteiger partial charge in [-0.05, 0) is 18.6 Å². The van der Waals surface area contributed by atoms with Crippen molar-refractivity contribution in [1.29, 1.82) is 0 Å². The molecule has 0 spiro atoms. The predicted molar refractivity (Wildman–Crippen MR) is 57.6 cm³/mol. The van der Waals surface area contributed by atoms with Crippen LogP contribution in [-0.2, 0) is 0 Å². The van der Waals surface area contributed by atoms with Crippen molar-refractivity contribution in [2.24, 2.45) is 0 Å². The van der Waals surface area contributed by atoms with Gasteiger partial charge in [-0.15, -0.1) is 0 Å².